The Kier molecular flexibility index (Phi) is 4.82. The lowest BCUT2D eigenvalue weighted by molar-refractivity contribution is 0.146. The molecule has 2 rings (SSSR count). The molecule has 0 bridgehead atoms. The van der Waals surface area contributed by atoms with Crippen LogP contribution in [0.1, 0.15) is 25.6 Å². The van der Waals surface area contributed by atoms with Crippen LogP contribution in [0.2, 0.25) is 0 Å². The van der Waals surface area contributed by atoms with Gasteiger partial charge in [0.15, 0.2) is 11.3 Å². The zero-order valence-electron chi connectivity index (χ0n) is 11.7. The SMILES string of the molecule is CCOCCNC(C)c1cc2cccc(OC)c2o1. The Morgan fingerprint density at radius 1 is 1.37 bits per heavy atom. The maximum absolute atomic E-state index is 5.88. The summed E-state index contributed by atoms with van der Waals surface area (Å²) < 4.78 is 16.5. The van der Waals surface area contributed by atoms with Gasteiger partial charge in [0.25, 0.3) is 0 Å². The average molecular weight is 263 g/mol. The number of hydrogen-bond acceptors (Lipinski definition) is 4. The molecule has 4 nitrogen and oxygen atoms in total. The molecule has 1 heterocycles. The highest BCUT2D eigenvalue weighted by Gasteiger charge is 2.13. The van der Waals surface area contributed by atoms with E-state index in [1.165, 1.54) is 0 Å². The third-order valence-corrected chi connectivity index (χ3v) is 3.07. The number of nitrogens with one attached hydrogen (secondary N) is 1. The first kappa shape index (κ1) is 13.9. The Hall–Kier alpha value is -1.52. The zero-order valence-corrected chi connectivity index (χ0v) is 11.7. The van der Waals surface area contributed by atoms with Gasteiger partial charge in [-0.25, -0.2) is 0 Å². The molecule has 0 fully saturated rings. The van der Waals surface area contributed by atoms with Crippen molar-refractivity contribution in [2.24, 2.45) is 0 Å². The molecule has 1 unspecified atom stereocenters. The molecule has 0 spiro atoms. The van der Waals surface area contributed by atoms with Gasteiger partial charge < -0.3 is 19.2 Å². The molecule has 4 heteroatoms. The second-order valence-electron chi connectivity index (χ2n) is 4.40. The highest BCUT2D eigenvalue weighted by molar-refractivity contribution is 5.83. The lowest BCUT2D eigenvalue weighted by Crippen LogP contribution is -2.22. The maximum Gasteiger partial charge on any atom is 0.176 e. The summed E-state index contributed by atoms with van der Waals surface area (Å²) in [5, 5.41) is 4.44. The first-order valence-electron chi connectivity index (χ1n) is 6.63. The minimum atomic E-state index is 0.151. The standard InChI is InChI=1S/C15H21NO3/c1-4-18-9-8-16-11(2)14-10-12-6-5-7-13(17-3)15(12)19-14/h5-7,10-11,16H,4,8-9H2,1-3H3. The molecular formula is C15H21NO3. The van der Waals surface area contributed by atoms with Crippen molar-refractivity contribution < 1.29 is 13.9 Å². The molecule has 1 N–H and O–H groups in total. The Bertz CT molecular complexity index is 521. The number of hydrogen-bond donors (Lipinski definition) is 1. The van der Waals surface area contributed by atoms with Gasteiger partial charge in [0.05, 0.1) is 19.8 Å². The van der Waals surface area contributed by atoms with E-state index < -0.39 is 0 Å². The summed E-state index contributed by atoms with van der Waals surface area (Å²) in [6, 6.07) is 8.10. The Morgan fingerprint density at radius 2 is 2.21 bits per heavy atom. The summed E-state index contributed by atoms with van der Waals surface area (Å²) in [6.45, 7) is 6.34. The smallest absolute Gasteiger partial charge is 0.176 e. The number of furan rings is 1. The van der Waals surface area contributed by atoms with E-state index in [2.05, 4.69) is 18.3 Å². The number of rotatable bonds is 7. The van der Waals surface area contributed by atoms with Crippen LogP contribution in [0.25, 0.3) is 11.0 Å². The normalized spacial score (nSPS) is 12.8. The van der Waals surface area contributed by atoms with Crippen LogP contribution >= 0.6 is 0 Å². The van der Waals surface area contributed by atoms with E-state index in [0.29, 0.717) is 6.61 Å². The lowest BCUT2D eigenvalue weighted by Gasteiger charge is -2.10. The first-order chi connectivity index (χ1) is 9.26. The zero-order chi connectivity index (χ0) is 13.7. The largest absolute Gasteiger partial charge is 0.493 e. The van der Waals surface area contributed by atoms with Crippen LogP contribution in [0.5, 0.6) is 5.75 Å². The predicted octanol–water partition coefficient (Wildman–Crippen LogP) is 3.13. The maximum atomic E-state index is 5.88. The highest BCUT2D eigenvalue weighted by Crippen LogP contribution is 2.30. The molecule has 104 valence electrons. The molecule has 0 amide bonds. The van der Waals surface area contributed by atoms with Crippen LogP contribution in [-0.2, 0) is 4.74 Å². The first-order valence-corrected chi connectivity index (χ1v) is 6.63. The Balaban J connectivity index is 2.08. The second-order valence-corrected chi connectivity index (χ2v) is 4.40. The van der Waals surface area contributed by atoms with Crippen LogP contribution in [-0.4, -0.2) is 26.9 Å². The lowest BCUT2D eigenvalue weighted by atomic mass is 10.2. The van der Waals surface area contributed by atoms with Gasteiger partial charge in [-0.3, -0.25) is 0 Å². The monoisotopic (exact) mass is 263 g/mol. The minimum absolute atomic E-state index is 0.151. The number of benzene rings is 1. The van der Waals surface area contributed by atoms with Gasteiger partial charge in [0, 0.05) is 18.5 Å². The molecule has 0 saturated heterocycles. The van der Waals surface area contributed by atoms with Gasteiger partial charge in [-0.05, 0) is 26.0 Å². The van der Waals surface area contributed by atoms with Crippen LogP contribution in [0.3, 0.4) is 0 Å². The van der Waals surface area contributed by atoms with E-state index in [-0.39, 0.29) is 6.04 Å². The van der Waals surface area contributed by atoms with E-state index in [4.69, 9.17) is 13.9 Å². The van der Waals surface area contributed by atoms with Crippen molar-refractivity contribution in [3.8, 4) is 5.75 Å². The van der Waals surface area contributed by atoms with E-state index >= 15 is 0 Å². The predicted molar refractivity (Wildman–Crippen MR) is 75.7 cm³/mol. The fourth-order valence-electron chi connectivity index (χ4n) is 2.02. The van der Waals surface area contributed by atoms with Crippen molar-refractivity contribution in [2.75, 3.05) is 26.9 Å². The molecule has 2 aromatic rings. The summed E-state index contributed by atoms with van der Waals surface area (Å²) in [6.07, 6.45) is 0. The van der Waals surface area contributed by atoms with Crippen molar-refractivity contribution in [3.63, 3.8) is 0 Å². The highest BCUT2D eigenvalue weighted by atomic mass is 16.5. The van der Waals surface area contributed by atoms with Crippen molar-refractivity contribution in [3.05, 3.63) is 30.0 Å². The summed E-state index contributed by atoms with van der Waals surface area (Å²) in [5.41, 5.74) is 0.804. The van der Waals surface area contributed by atoms with Crippen LogP contribution in [0.4, 0.5) is 0 Å². The van der Waals surface area contributed by atoms with Crippen molar-refractivity contribution in [1.82, 2.24) is 5.32 Å². The fourth-order valence-corrected chi connectivity index (χ4v) is 2.02. The molecule has 0 saturated carbocycles. The number of fused-ring (bicyclic) bond motifs is 1. The number of methoxy groups -OCH3 is 1. The quantitative estimate of drug-likeness (QED) is 0.779. The molecule has 0 radical (unpaired) electrons. The Labute approximate surface area is 113 Å². The van der Waals surface area contributed by atoms with Gasteiger partial charge in [-0.2, -0.15) is 0 Å². The molecule has 1 aromatic carbocycles. The summed E-state index contributed by atoms with van der Waals surface area (Å²) in [4.78, 5) is 0. The van der Waals surface area contributed by atoms with E-state index in [9.17, 15) is 0 Å². The molecule has 1 aromatic heterocycles. The van der Waals surface area contributed by atoms with Gasteiger partial charge >= 0.3 is 0 Å². The van der Waals surface area contributed by atoms with E-state index in [0.717, 1.165) is 35.6 Å². The summed E-state index contributed by atoms with van der Waals surface area (Å²) >= 11 is 0. The van der Waals surface area contributed by atoms with Gasteiger partial charge in [0.2, 0.25) is 0 Å². The second kappa shape index (κ2) is 6.59. The molecular weight excluding hydrogens is 242 g/mol. The third-order valence-electron chi connectivity index (χ3n) is 3.07. The fraction of sp³-hybridized carbons (Fsp3) is 0.467. The van der Waals surface area contributed by atoms with E-state index in [1.807, 2.05) is 25.1 Å². The summed E-state index contributed by atoms with van der Waals surface area (Å²) in [7, 11) is 1.65. The molecule has 0 aliphatic heterocycles. The third kappa shape index (κ3) is 3.28. The van der Waals surface area contributed by atoms with Crippen LogP contribution in [0.15, 0.2) is 28.7 Å². The molecule has 0 aliphatic carbocycles. The van der Waals surface area contributed by atoms with Gasteiger partial charge in [-0.15, -0.1) is 0 Å². The summed E-state index contributed by atoms with van der Waals surface area (Å²) in [5.74, 6) is 1.68. The average Bonchev–Trinajstić information content (AvgIpc) is 2.87. The molecule has 0 aliphatic rings. The Morgan fingerprint density at radius 3 is 2.95 bits per heavy atom. The van der Waals surface area contributed by atoms with Crippen molar-refractivity contribution in [2.45, 2.75) is 19.9 Å². The van der Waals surface area contributed by atoms with Crippen molar-refractivity contribution >= 4 is 11.0 Å². The van der Waals surface area contributed by atoms with E-state index in [1.54, 1.807) is 7.11 Å². The van der Waals surface area contributed by atoms with Gasteiger partial charge in [-0.1, -0.05) is 12.1 Å². The van der Waals surface area contributed by atoms with Crippen LogP contribution in [0, 0.1) is 0 Å². The van der Waals surface area contributed by atoms with Gasteiger partial charge in [0.1, 0.15) is 5.76 Å². The topological polar surface area (TPSA) is 43.6 Å². The minimum Gasteiger partial charge on any atom is -0.493 e. The number of ether oxygens (including phenoxy) is 2. The molecule has 1 atom stereocenters. The van der Waals surface area contributed by atoms with Crippen molar-refractivity contribution in [1.29, 1.82) is 0 Å². The number of para-hydroxylation sites is 1. The van der Waals surface area contributed by atoms with Crippen LogP contribution < -0.4 is 10.1 Å². The molecule has 19 heavy (non-hydrogen) atoms.